The van der Waals surface area contributed by atoms with E-state index < -0.39 is 15.9 Å². The third kappa shape index (κ3) is 3.80. The van der Waals surface area contributed by atoms with Crippen LogP contribution in [0.5, 0.6) is 5.75 Å². The second-order valence-corrected chi connectivity index (χ2v) is 3.87. The molecule has 0 spiro atoms. The molecule has 15 heavy (non-hydrogen) atoms. The molecule has 0 aliphatic carbocycles. The van der Waals surface area contributed by atoms with Crippen LogP contribution >= 0.6 is 0 Å². The first-order valence-corrected chi connectivity index (χ1v) is 4.91. The molecule has 0 unspecified atom stereocenters. The van der Waals surface area contributed by atoms with E-state index in [-0.39, 0.29) is 40.0 Å². The second-order valence-electron chi connectivity index (χ2n) is 2.45. The van der Waals surface area contributed by atoms with E-state index in [1.165, 1.54) is 0 Å². The van der Waals surface area contributed by atoms with Crippen LogP contribution < -0.4 is 40.5 Å². The van der Waals surface area contributed by atoms with Crippen molar-refractivity contribution in [3.63, 3.8) is 0 Å². The van der Waals surface area contributed by atoms with Crippen molar-refractivity contribution in [2.75, 3.05) is 0 Å². The zero-order chi connectivity index (χ0) is 10.8. The summed E-state index contributed by atoms with van der Waals surface area (Å²) in [4.78, 5) is -0.369. The summed E-state index contributed by atoms with van der Waals surface area (Å²) in [7, 11) is -4.30. The van der Waals surface area contributed by atoms with E-state index in [9.17, 15) is 13.5 Å². The summed E-state index contributed by atoms with van der Waals surface area (Å²) in [6.45, 7) is 0. The molecule has 0 aliphatic heterocycles. The number of hydrogen-bond acceptors (Lipinski definition) is 5. The molecule has 0 atom stereocenters. The Kier molecular flexibility index (Phi) is 5.26. The van der Waals surface area contributed by atoms with Gasteiger partial charge in [0.15, 0.2) is 0 Å². The quantitative estimate of drug-likeness (QED) is 0.181. The molecule has 0 aromatic heterocycles. The van der Waals surface area contributed by atoms with Gasteiger partial charge in [-0.1, -0.05) is 11.8 Å². The van der Waals surface area contributed by atoms with Crippen molar-refractivity contribution in [1.82, 2.24) is 0 Å². The van der Waals surface area contributed by atoms with Crippen molar-refractivity contribution in [2.45, 2.75) is 4.90 Å². The molecular formula is C7H7N2NaO4S. The average Bonchev–Trinajstić information content (AvgIpc) is 2.07. The molecule has 0 radical (unpaired) electrons. The Morgan fingerprint density at radius 1 is 1.47 bits per heavy atom. The van der Waals surface area contributed by atoms with Crippen LogP contribution in [0.15, 0.2) is 28.2 Å². The van der Waals surface area contributed by atoms with E-state index in [0.717, 1.165) is 24.4 Å². The van der Waals surface area contributed by atoms with Crippen LogP contribution in [0.3, 0.4) is 0 Å². The topological polar surface area (TPSA) is 116 Å². The predicted molar refractivity (Wildman–Crippen MR) is 47.5 cm³/mol. The zero-order valence-electron chi connectivity index (χ0n) is 7.91. The van der Waals surface area contributed by atoms with E-state index in [1.54, 1.807) is 0 Å². The van der Waals surface area contributed by atoms with Crippen LogP contribution in [0, 0.1) is 0 Å². The molecule has 8 heteroatoms. The van der Waals surface area contributed by atoms with Crippen molar-refractivity contribution in [1.29, 1.82) is 0 Å². The molecule has 0 heterocycles. The summed E-state index contributed by atoms with van der Waals surface area (Å²) in [5.74, 6) is 4.38. The number of hydrogen-bond donors (Lipinski definition) is 2. The maximum absolute atomic E-state index is 11.1. The summed E-state index contributed by atoms with van der Waals surface area (Å²) in [6, 6.07) is 3.01. The SMILES string of the molecule is N/N=C\c1cc(S(=O)(=O)O)ccc1[O-].[Na+]. The first kappa shape index (κ1) is 14.4. The molecule has 3 N–H and O–H groups in total. The first-order chi connectivity index (χ1) is 6.45. The summed E-state index contributed by atoms with van der Waals surface area (Å²) in [5.41, 5.74) is 0.00243. The van der Waals surface area contributed by atoms with Crippen molar-refractivity contribution < 1.29 is 47.6 Å². The van der Waals surface area contributed by atoms with Gasteiger partial charge in [-0.3, -0.25) is 4.55 Å². The van der Waals surface area contributed by atoms with Crippen molar-refractivity contribution >= 4 is 16.3 Å². The molecule has 0 amide bonds. The summed E-state index contributed by atoms with van der Waals surface area (Å²) in [6.07, 6.45) is 1.01. The van der Waals surface area contributed by atoms with Crippen LogP contribution in [-0.2, 0) is 10.1 Å². The minimum atomic E-state index is -4.30. The molecule has 0 saturated heterocycles. The number of nitrogens with zero attached hydrogens (tertiary/aromatic N) is 1. The fourth-order valence-electron chi connectivity index (χ4n) is 0.868. The van der Waals surface area contributed by atoms with Crippen LogP contribution in [0.25, 0.3) is 0 Å². The predicted octanol–water partition coefficient (Wildman–Crippen LogP) is -3.70. The average molecular weight is 238 g/mol. The van der Waals surface area contributed by atoms with E-state index in [4.69, 9.17) is 10.4 Å². The van der Waals surface area contributed by atoms with Crippen molar-refractivity contribution in [3.05, 3.63) is 23.8 Å². The third-order valence-corrected chi connectivity index (χ3v) is 2.34. The Morgan fingerprint density at radius 2 is 2.07 bits per heavy atom. The van der Waals surface area contributed by atoms with Gasteiger partial charge in [-0.2, -0.15) is 13.5 Å². The Hall–Kier alpha value is -0.600. The van der Waals surface area contributed by atoms with Gasteiger partial charge in [0.2, 0.25) is 0 Å². The van der Waals surface area contributed by atoms with Gasteiger partial charge >= 0.3 is 29.6 Å². The number of nitrogens with two attached hydrogens (primary N) is 1. The number of rotatable bonds is 2. The van der Waals surface area contributed by atoms with Gasteiger partial charge in [0.05, 0.1) is 11.1 Å². The molecule has 1 aromatic rings. The standard InChI is InChI=1S/C7H8N2O4S.Na/c8-9-4-5-3-6(14(11,12)13)1-2-7(5)10;/h1-4,10H,8H2,(H,11,12,13);/q;+1/p-1/b9-4-;. The minimum absolute atomic E-state index is 0. The van der Waals surface area contributed by atoms with Crippen LogP contribution in [0.4, 0.5) is 0 Å². The largest absolute Gasteiger partial charge is 1.00 e. The normalized spacial score (nSPS) is 11.3. The molecule has 6 nitrogen and oxygen atoms in total. The van der Waals surface area contributed by atoms with Crippen LogP contribution in [0.2, 0.25) is 0 Å². The molecule has 1 aromatic carbocycles. The Bertz CT molecular complexity index is 472. The smallest absolute Gasteiger partial charge is 0.872 e. The number of benzene rings is 1. The summed E-state index contributed by atoms with van der Waals surface area (Å²) >= 11 is 0. The molecule has 1 rings (SSSR count). The van der Waals surface area contributed by atoms with Gasteiger partial charge in [-0.05, 0) is 17.7 Å². The first-order valence-electron chi connectivity index (χ1n) is 3.47. The number of hydrazone groups is 1. The Balaban J connectivity index is 0.00000196. The third-order valence-electron chi connectivity index (χ3n) is 1.49. The van der Waals surface area contributed by atoms with E-state index in [2.05, 4.69) is 5.10 Å². The molecule has 0 bridgehead atoms. The van der Waals surface area contributed by atoms with Gasteiger partial charge in [0, 0.05) is 0 Å². The molecular weight excluding hydrogens is 231 g/mol. The van der Waals surface area contributed by atoms with Crippen molar-refractivity contribution in [2.24, 2.45) is 10.9 Å². The van der Waals surface area contributed by atoms with Crippen LogP contribution in [0.1, 0.15) is 5.56 Å². The van der Waals surface area contributed by atoms with E-state index in [0.29, 0.717) is 0 Å². The summed E-state index contributed by atoms with van der Waals surface area (Å²) < 4.78 is 30.0. The van der Waals surface area contributed by atoms with Gasteiger partial charge in [0.25, 0.3) is 10.1 Å². The van der Waals surface area contributed by atoms with Crippen LogP contribution in [-0.4, -0.2) is 19.2 Å². The van der Waals surface area contributed by atoms with Crippen molar-refractivity contribution in [3.8, 4) is 5.75 Å². The monoisotopic (exact) mass is 238 g/mol. The Labute approximate surface area is 109 Å². The molecule has 0 saturated carbocycles. The fraction of sp³-hybridized carbons (Fsp3) is 0. The van der Waals surface area contributed by atoms with Gasteiger partial charge in [-0.15, -0.1) is 0 Å². The van der Waals surface area contributed by atoms with Gasteiger partial charge < -0.3 is 10.9 Å². The van der Waals surface area contributed by atoms with E-state index in [1.807, 2.05) is 0 Å². The molecule has 0 fully saturated rings. The fourth-order valence-corrected chi connectivity index (χ4v) is 1.38. The molecule has 0 aliphatic rings. The molecule has 76 valence electrons. The van der Waals surface area contributed by atoms with E-state index >= 15 is 0 Å². The minimum Gasteiger partial charge on any atom is -0.872 e. The maximum atomic E-state index is 11.1. The maximum Gasteiger partial charge on any atom is 1.00 e. The van der Waals surface area contributed by atoms with Gasteiger partial charge in [0.1, 0.15) is 0 Å². The second kappa shape index (κ2) is 5.47. The van der Waals surface area contributed by atoms with Gasteiger partial charge in [-0.25, -0.2) is 0 Å². The zero-order valence-corrected chi connectivity index (χ0v) is 10.7. The Morgan fingerprint density at radius 3 is 2.53 bits per heavy atom. The summed E-state index contributed by atoms with van der Waals surface area (Å²) in [5, 5.41) is 14.2.